The molecule has 4 rings (SSSR count). The van der Waals surface area contributed by atoms with E-state index in [0.29, 0.717) is 21.6 Å². The smallest absolute Gasteiger partial charge is 0.294 e. The Kier molecular flexibility index (Phi) is 6.97. The molecule has 6 nitrogen and oxygen atoms in total. The summed E-state index contributed by atoms with van der Waals surface area (Å²) >= 11 is 8.10. The molecule has 3 aromatic rings. The van der Waals surface area contributed by atoms with Crippen LogP contribution in [0, 0.1) is 13.8 Å². The van der Waals surface area contributed by atoms with Crippen molar-refractivity contribution in [2.75, 3.05) is 11.9 Å². The van der Waals surface area contributed by atoms with Crippen LogP contribution in [-0.2, 0) is 9.59 Å². The summed E-state index contributed by atoms with van der Waals surface area (Å²) in [5.41, 5.74) is 2.55. The molecule has 1 aromatic heterocycles. The van der Waals surface area contributed by atoms with Crippen LogP contribution >= 0.6 is 35.1 Å². The normalized spacial score (nSPS) is 14.9. The Morgan fingerprint density at radius 1 is 1.12 bits per heavy atom. The molecule has 9 heteroatoms. The fourth-order valence-corrected chi connectivity index (χ4v) is 4.78. The lowest BCUT2D eigenvalue weighted by molar-refractivity contribution is -0.127. The van der Waals surface area contributed by atoms with Gasteiger partial charge in [-0.3, -0.25) is 19.3 Å². The van der Waals surface area contributed by atoms with E-state index in [1.807, 2.05) is 44.2 Å². The third kappa shape index (κ3) is 5.71. The fraction of sp³-hybridized carbons (Fsp3) is 0.125. The number of carbonyl (C=O) groups is 3. The van der Waals surface area contributed by atoms with Gasteiger partial charge in [0.15, 0.2) is 5.09 Å². The molecular formula is C24H19ClN2O4S2. The molecule has 0 spiro atoms. The van der Waals surface area contributed by atoms with Crippen molar-refractivity contribution in [1.82, 2.24) is 4.90 Å². The van der Waals surface area contributed by atoms with E-state index in [9.17, 15) is 14.4 Å². The number of hydrogen-bond donors (Lipinski definition) is 1. The number of nitrogens with zero attached hydrogens (tertiary/aromatic N) is 1. The minimum Gasteiger partial charge on any atom is -0.450 e. The number of rotatable bonds is 6. The van der Waals surface area contributed by atoms with Crippen molar-refractivity contribution in [3.05, 3.63) is 81.4 Å². The quantitative estimate of drug-likeness (QED) is 0.397. The molecule has 0 saturated carbocycles. The Hall–Kier alpha value is -2.94. The average Bonchev–Trinajstić information content (AvgIpc) is 3.31. The van der Waals surface area contributed by atoms with Crippen molar-refractivity contribution < 1.29 is 18.8 Å². The maximum absolute atomic E-state index is 12.7. The molecule has 0 atom stereocenters. The number of imide groups is 1. The number of furan rings is 1. The monoisotopic (exact) mass is 498 g/mol. The number of nitrogens with one attached hydrogen (secondary N) is 1. The molecular weight excluding hydrogens is 480 g/mol. The van der Waals surface area contributed by atoms with Crippen LogP contribution in [0.5, 0.6) is 0 Å². The van der Waals surface area contributed by atoms with Crippen LogP contribution < -0.4 is 5.32 Å². The zero-order chi connectivity index (χ0) is 23.5. The number of hydrogen-bond acceptors (Lipinski definition) is 6. The second kappa shape index (κ2) is 9.91. The van der Waals surface area contributed by atoms with Gasteiger partial charge in [0.05, 0.1) is 4.91 Å². The van der Waals surface area contributed by atoms with Crippen molar-refractivity contribution in [2.24, 2.45) is 0 Å². The Balaban J connectivity index is 1.41. The SMILES string of the molecule is Cc1ccc(C)c(NC(=O)CN2C(=O)S/C(=C\c3ccc(Sc4ccc(Cl)cc4)o3)C2=O)c1. The first-order valence-corrected chi connectivity index (χ1v) is 12.0. The van der Waals surface area contributed by atoms with Crippen LogP contribution in [0.25, 0.3) is 6.08 Å². The van der Waals surface area contributed by atoms with Crippen LogP contribution in [0.1, 0.15) is 16.9 Å². The predicted molar refractivity (Wildman–Crippen MR) is 132 cm³/mol. The highest BCUT2D eigenvalue weighted by molar-refractivity contribution is 8.18. The Labute approximate surface area is 204 Å². The summed E-state index contributed by atoms with van der Waals surface area (Å²) in [4.78, 5) is 39.7. The lowest BCUT2D eigenvalue weighted by Gasteiger charge is -2.14. The van der Waals surface area contributed by atoms with Crippen LogP contribution in [-0.4, -0.2) is 28.5 Å². The first-order chi connectivity index (χ1) is 15.8. The molecule has 0 bridgehead atoms. The van der Waals surface area contributed by atoms with Gasteiger partial charge in [0.2, 0.25) is 5.91 Å². The number of benzene rings is 2. The van der Waals surface area contributed by atoms with E-state index in [2.05, 4.69) is 5.32 Å². The zero-order valence-electron chi connectivity index (χ0n) is 17.8. The van der Waals surface area contributed by atoms with Crippen molar-refractivity contribution in [3.63, 3.8) is 0 Å². The number of thioether (sulfide) groups is 1. The van der Waals surface area contributed by atoms with Crippen molar-refractivity contribution >= 4 is 63.9 Å². The van der Waals surface area contributed by atoms with E-state index in [4.69, 9.17) is 16.0 Å². The van der Waals surface area contributed by atoms with E-state index in [1.54, 1.807) is 24.3 Å². The number of anilines is 1. The maximum atomic E-state index is 12.7. The predicted octanol–water partition coefficient (Wildman–Crippen LogP) is 6.38. The van der Waals surface area contributed by atoms with Gasteiger partial charge >= 0.3 is 0 Å². The van der Waals surface area contributed by atoms with Crippen molar-refractivity contribution in [1.29, 1.82) is 0 Å². The topological polar surface area (TPSA) is 79.6 Å². The number of aryl methyl sites for hydroxylation is 2. The van der Waals surface area contributed by atoms with E-state index < -0.39 is 17.1 Å². The van der Waals surface area contributed by atoms with Gasteiger partial charge in [-0.05, 0) is 79.2 Å². The molecule has 1 aliphatic heterocycles. The molecule has 1 saturated heterocycles. The molecule has 0 radical (unpaired) electrons. The summed E-state index contributed by atoms with van der Waals surface area (Å²) in [6.45, 7) is 3.44. The van der Waals surface area contributed by atoms with E-state index in [-0.39, 0.29) is 11.4 Å². The average molecular weight is 499 g/mol. The minimum atomic E-state index is -0.524. The Morgan fingerprint density at radius 3 is 2.64 bits per heavy atom. The van der Waals surface area contributed by atoms with Gasteiger partial charge in [-0.25, -0.2) is 0 Å². The largest absolute Gasteiger partial charge is 0.450 e. The summed E-state index contributed by atoms with van der Waals surface area (Å²) in [7, 11) is 0. The van der Waals surface area contributed by atoms with Gasteiger partial charge < -0.3 is 9.73 Å². The van der Waals surface area contributed by atoms with Crippen LogP contribution in [0.15, 0.2) is 73.9 Å². The highest BCUT2D eigenvalue weighted by Gasteiger charge is 2.36. The number of amides is 3. The van der Waals surface area contributed by atoms with Gasteiger partial charge in [-0.15, -0.1) is 0 Å². The number of carbonyl (C=O) groups excluding carboxylic acids is 3. The molecule has 3 amide bonds. The third-order valence-electron chi connectivity index (χ3n) is 4.75. The van der Waals surface area contributed by atoms with Gasteiger partial charge in [-0.1, -0.05) is 35.5 Å². The van der Waals surface area contributed by atoms with Crippen molar-refractivity contribution in [3.8, 4) is 0 Å². The molecule has 168 valence electrons. The number of halogens is 1. The summed E-state index contributed by atoms with van der Waals surface area (Å²) in [6, 6.07) is 16.5. The molecule has 2 heterocycles. The molecule has 1 fully saturated rings. The Bertz CT molecular complexity index is 1270. The van der Waals surface area contributed by atoms with E-state index in [0.717, 1.165) is 32.7 Å². The minimum absolute atomic E-state index is 0.205. The summed E-state index contributed by atoms with van der Waals surface area (Å²) in [5, 5.41) is 3.56. The second-order valence-electron chi connectivity index (χ2n) is 7.35. The van der Waals surface area contributed by atoms with Crippen LogP contribution in [0.4, 0.5) is 10.5 Å². The lowest BCUT2D eigenvalue weighted by Crippen LogP contribution is -2.36. The third-order valence-corrected chi connectivity index (χ3v) is 6.84. The van der Waals surface area contributed by atoms with Crippen LogP contribution in [0.3, 0.4) is 0 Å². The first-order valence-electron chi connectivity index (χ1n) is 9.94. The highest BCUT2D eigenvalue weighted by atomic mass is 35.5. The fourth-order valence-electron chi connectivity index (χ4n) is 3.05. The zero-order valence-corrected chi connectivity index (χ0v) is 20.1. The summed E-state index contributed by atoms with van der Waals surface area (Å²) in [5.74, 6) is -0.520. The van der Waals surface area contributed by atoms with Gasteiger partial charge in [0.1, 0.15) is 12.3 Å². The maximum Gasteiger partial charge on any atom is 0.294 e. The Morgan fingerprint density at radius 2 is 1.88 bits per heavy atom. The molecule has 0 aliphatic carbocycles. The standard InChI is InChI=1S/C24H19ClN2O4S2/c1-14-3-4-15(2)19(11-14)26-21(28)13-27-23(29)20(33-24(27)30)12-17-7-10-22(31-17)32-18-8-5-16(25)6-9-18/h3-12H,13H2,1-2H3,(H,26,28)/b20-12-. The molecule has 2 aromatic carbocycles. The summed E-state index contributed by atoms with van der Waals surface area (Å²) in [6.07, 6.45) is 1.51. The molecule has 33 heavy (non-hydrogen) atoms. The van der Waals surface area contributed by atoms with E-state index in [1.165, 1.54) is 17.8 Å². The molecule has 1 N–H and O–H groups in total. The molecule has 1 aliphatic rings. The lowest BCUT2D eigenvalue weighted by atomic mass is 10.1. The van der Waals surface area contributed by atoms with Crippen molar-refractivity contribution in [2.45, 2.75) is 23.8 Å². The molecule has 0 unspecified atom stereocenters. The first kappa shape index (κ1) is 23.2. The van der Waals surface area contributed by atoms with Gasteiger partial charge in [-0.2, -0.15) is 0 Å². The van der Waals surface area contributed by atoms with Crippen LogP contribution in [0.2, 0.25) is 5.02 Å². The summed E-state index contributed by atoms with van der Waals surface area (Å²) < 4.78 is 5.76. The second-order valence-corrected chi connectivity index (χ2v) is 9.85. The van der Waals surface area contributed by atoms with Gasteiger partial charge in [0.25, 0.3) is 11.1 Å². The highest BCUT2D eigenvalue weighted by Crippen LogP contribution is 2.34. The van der Waals surface area contributed by atoms with Gasteiger partial charge in [0, 0.05) is 21.7 Å². The van der Waals surface area contributed by atoms with E-state index >= 15 is 0 Å².